The summed E-state index contributed by atoms with van der Waals surface area (Å²) >= 11 is 0. The van der Waals surface area contributed by atoms with Crippen LogP contribution in [0.15, 0.2) is 12.3 Å². The van der Waals surface area contributed by atoms with Crippen LogP contribution < -0.4 is 0 Å². The number of nitriles is 1. The van der Waals surface area contributed by atoms with Crippen molar-refractivity contribution < 1.29 is 14.5 Å². The van der Waals surface area contributed by atoms with E-state index < -0.39 is 16.6 Å². The van der Waals surface area contributed by atoms with Crippen LogP contribution in [0, 0.1) is 33.3 Å². The molecule has 19 heavy (non-hydrogen) atoms. The van der Waals surface area contributed by atoms with Gasteiger partial charge in [-0.1, -0.05) is 11.8 Å². The number of esters is 1. The van der Waals surface area contributed by atoms with Gasteiger partial charge in [-0.2, -0.15) is 5.26 Å². The van der Waals surface area contributed by atoms with Crippen LogP contribution in [0.2, 0.25) is 0 Å². The summed E-state index contributed by atoms with van der Waals surface area (Å²) < 4.78 is 4.67. The Morgan fingerprint density at radius 2 is 2.37 bits per heavy atom. The van der Waals surface area contributed by atoms with E-state index in [1.807, 2.05) is 0 Å². The molecule has 1 heterocycles. The van der Waals surface area contributed by atoms with Crippen molar-refractivity contribution >= 4 is 11.7 Å². The molecule has 1 rings (SSSR count). The molecular formula is C12H9N3O4. The Hall–Kier alpha value is -2.93. The molecule has 0 spiro atoms. The van der Waals surface area contributed by atoms with E-state index in [9.17, 15) is 14.9 Å². The van der Waals surface area contributed by atoms with E-state index in [-0.39, 0.29) is 24.3 Å². The van der Waals surface area contributed by atoms with Crippen molar-refractivity contribution in [2.75, 3.05) is 6.61 Å². The second-order valence-electron chi connectivity index (χ2n) is 3.24. The van der Waals surface area contributed by atoms with Crippen LogP contribution in [0.3, 0.4) is 0 Å². The fraction of sp³-hybridized carbons (Fsp3) is 0.250. The van der Waals surface area contributed by atoms with E-state index in [2.05, 4.69) is 21.6 Å². The van der Waals surface area contributed by atoms with E-state index in [1.165, 1.54) is 6.20 Å². The van der Waals surface area contributed by atoms with Crippen molar-refractivity contribution in [2.45, 2.75) is 13.3 Å². The first-order valence-electron chi connectivity index (χ1n) is 5.27. The van der Waals surface area contributed by atoms with Crippen LogP contribution in [-0.2, 0) is 9.53 Å². The molecule has 0 fully saturated rings. The van der Waals surface area contributed by atoms with Gasteiger partial charge < -0.3 is 4.74 Å². The Morgan fingerprint density at radius 1 is 1.63 bits per heavy atom. The quantitative estimate of drug-likeness (QED) is 0.349. The molecule has 96 valence electrons. The predicted molar refractivity (Wildman–Crippen MR) is 63.7 cm³/mol. The third kappa shape index (κ3) is 4.10. The van der Waals surface area contributed by atoms with Gasteiger partial charge in [-0.3, -0.25) is 14.9 Å². The Morgan fingerprint density at radius 3 is 2.95 bits per heavy atom. The van der Waals surface area contributed by atoms with E-state index in [0.29, 0.717) is 0 Å². The van der Waals surface area contributed by atoms with Gasteiger partial charge in [0.25, 0.3) is 0 Å². The molecule has 0 amide bonds. The minimum absolute atomic E-state index is 0.109. The minimum atomic E-state index is -0.706. The normalized spacial score (nSPS) is 8.84. The summed E-state index contributed by atoms with van der Waals surface area (Å²) in [5.74, 6) is 4.61. The molecule has 0 aromatic carbocycles. The first-order valence-corrected chi connectivity index (χ1v) is 5.27. The zero-order valence-electron chi connectivity index (χ0n) is 10.0. The number of aromatic nitrogens is 1. The fourth-order valence-corrected chi connectivity index (χ4v) is 1.18. The van der Waals surface area contributed by atoms with Gasteiger partial charge in [0.2, 0.25) is 5.69 Å². The number of hydrogen-bond acceptors (Lipinski definition) is 6. The second-order valence-corrected chi connectivity index (χ2v) is 3.24. The molecule has 0 saturated heterocycles. The monoisotopic (exact) mass is 259 g/mol. The summed E-state index contributed by atoms with van der Waals surface area (Å²) in [7, 11) is 0. The lowest BCUT2D eigenvalue weighted by Gasteiger charge is -1.95. The maximum absolute atomic E-state index is 11.0. The molecule has 0 atom stereocenters. The molecule has 0 aliphatic carbocycles. The van der Waals surface area contributed by atoms with Gasteiger partial charge in [0.1, 0.15) is 12.5 Å². The molecule has 0 bridgehead atoms. The summed E-state index contributed by atoms with van der Waals surface area (Å²) in [6.07, 6.45) is 1.13. The van der Waals surface area contributed by atoms with Gasteiger partial charge in [-0.15, -0.1) is 0 Å². The molecule has 7 nitrogen and oxygen atoms in total. The highest BCUT2D eigenvalue weighted by molar-refractivity contribution is 5.72. The van der Waals surface area contributed by atoms with Crippen molar-refractivity contribution in [1.82, 2.24) is 4.98 Å². The molecule has 7 heteroatoms. The second kappa shape index (κ2) is 6.72. The summed E-state index contributed by atoms with van der Waals surface area (Å²) in [6, 6.07) is 2.76. The lowest BCUT2D eigenvalue weighted by molar-refractivity contribution is -0.385. The maximum Gasteiger partial charge on any atom is 0.317 e. The maximum atomic E-state index is 11.0. The van der Waals surface area contributed by atoms with Gasteiger partial charge in [0.15, 0.2) is 0 Å². The zero-order chi connectivity index (χ0) is 14.3. The van der Waals surface area contributed by atoms with Gasteiger partial charge in [-0.25, -0.2) is 4.98 Å². The summed E-state index contributed by atoms with van der Waals surface area (Å²) in [5, 5.41) is 19.3. The van der Waals surface area contributed by atoms with Crippen molar-refractivity contribution in [3.63, 3.8) is 0 Å². The number of rotatable bonds is 3. The van der Waals surface area contributed by atoms with Crippen LogP contribution in [0.1, 0.15) is 24.6 Å². The molecule has 0 aliphatic rings. The van der Waals surface area contributed by atoms with Crippen molar-refractivity contribution in [2.24, 2.45) is 0 Å². The molecule has 0 unspecified atom stereocenters. The van der Waals surface area contributed by atoms with E-state index >= 15 is 0 Å². The first kappa shape index (κ1) is 14.1. The summed E-state index contributed by atoms with van der Waals surface area (Å²) in [6.45, 7) is 1.95. The van der Waals surface area contributed by atoms with Crippen molar-refractivity contribution in [3.8, 4) is 17.9 Å². The van der Waals surface area contributed by atoms with E-state index in [1.54, 1.807) is 13.0 Å². The van der Waals surface area contributed by atoms with Crippen LogP contribution >= 0.6 is 0 Å². The van der Waals surface area contributed by atoms with Crippen LogP contribution in [0.25, 0.3) is 0 Å². The standard InChI is InChI=1S/C12H9N3O4/c1-2-19-12(16)5-3-4-9-6-11(15(17)18)10(7-13)14-8-9/h6,8H,2,5H2,1H3. The Labute approximate surface area is 109 Å². The largest absolute Gasteiger partial charge is 0.465 e. The predicted octanol–water partition coefficient (Wildman–Crippen LogP) is 1.17. The highest BCUT2D eigenvalue weighted by Crippen LogP contribution is 2.16. The number of carbonyl (C=O) groups is 1. The number of hydrogen-bond donors (Lipinski definition) is 0. The highest BCUT2D eigenvalue weighted by atomic mass is 16.6. The molecule has 0 N–H and O–H groups in total. The van der Waals surface area contributed by atoms with Gasteiger partial charge >= 0.3 is 11.7 Å². The number of ether oxygens (including phenoxy) is 1. The van der Waals surface area contributed by atoms with Gasteiger partial charge in [-0.05, 0) is 6.92 Å². The molecule has 0 radical (unpaired) electrons. The van der Waals surface area contributed by atoms with Crippen LogP contribution in [0.4, 0.5) is 5.69 Å². The van der Waals surface area contributed by atoms with Crippen LogP contribution in [-0.4, -0.2) is 22.5 Å². The lowest BCUT2D eigenvalue weighted by atomic mass is 10.2. The SMILES string of the molecule is CCOC(=O)CC#Cc1cnc(C#N)c([N+](=O)[O-])c1. The number of carbonyl (C=O) groups excluding carboxylic acids is 1. The minimum Gasteiger partial charge on any atom is -0.465 e. The Kier molecular flexibility index (Phi) is 5.00. The number of pyridine rings is 1. The molecule has 0 aliphatic heterocycles. The average Bonchev–Trinajstić information content (AvgIpc) is 2.38. The Bertz CT molecular complexity index is 608. The third-order valence-corrected chi connectivity index (χ3v) is 1.94. The van der Waals surface area contributed by atoms with Crippen molar-refractivity contribution in [1.29, 1.82) is 5.26 Å². The molecule has 1 aromatic heterocycles. The molecule has 0 saturated carbocycles. The van der Waals surface area contributed by atoms with Crippen LogP contribution in [0.5, 0.6) is 0 Å². The lowest BCUT2D eigenvalue weighted by Crippen LogP contribution is -2.01. The zero-order valence-corrected chi connectivity index (χ0v) is 10.0. The van der Waals surface area contributed by atoms with E-state index in [0.717, 1.165) is 6.07 Å². The third-order valence-electron chi connectivity index (χ3n) is 1.94. The number of nitrogens with zero attached hydrogens (tertiary/aromatic N) is 3. The highest BCUT2D eigenvalue weighted by Gasteiger charge is 2.15. The molecular weight excluding hydrogens is 250 g/mol. The van der Waals surface area contributed by atoms with E-state index in [4.69, 9.17) is 5.26 Å². The smallest absolute Gasteiger partial charge is 0.317 e. The van der Waals surface area contributed by atoms with Crippen molar-refractivity contribution in [3.05, 3.63) is 33.6 Å². The summed E-state index contributed by atoms with van der Waals surface area (Å²) in [5.41, 5.74) is -0.429. The molecule has 1 aromatic rings. The first-order chi connectivity index (χ1) is 9.08. The summed E-state index contributed by atoms with van der Waals surface area (Å²) in [4.78, 5) is 24.6. The van der Waals surface area contributed by atoms with Gasteiger partial charge in [0, 0.05) is 17.8 Å². The topological polar surface area (TPSA) is 106 Å². The van der Waals surface area contributed by atoms with Gasteiger partial charge in [0.05, 0.1) is 11.5 Å². The average molecular weight is 259 g/mol. The number of nitro groups is 1. The Balaban J connectivity index is 2.90. The fourth-order valence-electron chi connectivity index (χ4n) is 1.18.